The van der Waals surface area contributed by atoms with Crippen molar-refractivity contribution in [2.75, 3.05) is 12.8 Å². The Labute approximate surface area is 108 Å². The van der Waals surface area contributed by atoms with Crippen molar-refractivity contribution < 1.29 is 9.53 Å². The summed E-state index contributed by atoms with van der Waals surface area (Å²) in [6.45, 7) is 2.18. The lowest BCUT2D eigenvalue weighted by Gasteiger charge is -2.18. The summed E-state index contributed by atoms with van der Waals surface area (Å²) in [5, 5.41) is 3.07. The number of rotatable bonds is 3. The molecule has 4 heteroatoms. The predicted octanol–water partition coefficient (Wildman–Crippen LogP) is 2.20. The Morgan fingerprint density at radius 3 is 2.83 bits per heavy atom. The van der Waals surface area contributed by atoms with Gasteiger partial charge in [0.15, 0.2) is 0 Å². The molecule has 1 aromatic rings. The maximum Gasteiger partial charge on any atom is 0.255 e. The predicted molar refractivity (Wildman–Crippen MR) is 71.7 cm³/mol. The molecule has 1 aliphatic rings. The number of hydrogen-bond donors (Lipinski definition) is 2. The third-order valence-electron chi connectivity index (χ3n) is 3.65. The fourth-order valence-corrected chi connectivity index (χ4v) is 2.51. The van der Waals surface area contributed by atoms with E-state index in [1.54, 1.807) is 25.3 Å². The molecule has 2 unspecified atom stereocenters. The minimum atomic E-state index is -0.0992. The first-order chi connectivity index (χ1) is 8.61. The first-order valence-corrected chi connectivity index (χ1v) is 6.36. The van der Waals surface area contributed by atoms with Gasteiger partial charge in [0.1, 0.15) is 5.75 Å². The lowest BCUT2D eigenvalue weighted by atomic mass is 10.1. The van der Waals surface area contributed by atoms with Crippen LogP contribution in [0.4, 0.5) is 5.69 Å². The monoisotopic (exact) mass is 248 g/mol. The van der Waals surface area contributed by atoms with Crippen LogP contribution in [-0.2, 0) is 0 Å². The van der Waals surface area contributed by atoms with Crippen molar-refractivity contribution in [3.63, 3.8) is 0 Å². The molecule has 0 heterocycles. The number of carbonyl (C=O) groups is 1. The van der Waals surface area contributed by atoms with E-state index in [-0.39, 0.29) is 11.9 Å². The number of nitrogen functional groups attached to an aromatic ring is 1. The molecule has 0 saturated heterocycles. The highest BCUT2D eigenvalue weighted by atomic mass is 16.5. The van der Waals surface area contributed by atoms with Crippen molar-refractivity contribution in [3.8, 4) is 5.75 Å². The third kappa shape index (κ3) is 2.58. The van der Waals surface area contributed by atoms with Crippen molar-refractivity contribution in [1.82, 2.24) is 5.32 Å². The second kappa shape index (κ2) is 5.29. The molecule has 2 rings (SSSR count). The standard InChI is InChI=1S/C14H20N2O2/c1-9-4-3-5-12(9)16-14(17)11-8-10(15)6-7-13(11)18-2/h6-9,12H,3-5,15H2,1-2H3,(H,16,17). The van der Waals surface area contributed by atoms with E-state index in [0.717, 1.165) is 6.42 Å². The van der Waals surface area contributed by atoms with Crippen molar-refractivity contribution in [1.29, 1.82) is 0 Å². The Hall–Kier alpha value is -1.71. The van der Waals surface area contributed by atoms with Crippen molar-refractivity contribution >= 4 is 11.6 Å². The maximum absolute atomic E-state index is 12.2. The van der Waals surface area contributed by atoms with Crippen LogP contribution < -0.4 is 15.8 Å². The van der Waals surface area contributed by atoms with Crippen LogP contribution in [0.2, 0.25) is 0 Å². The van der Waals surface area contributed by atoms with Gasteiger partial charge in [0.25, 0.3) is 5.91 Å². The van der Waals surface area contributed by atoms with Crippen LogP contribution in [0, 0.1) is 5.92 Å². The molecular weight excluding hydrogens is 228 g/mol. The fraction of sp³-hybridized carbons (Fsp3) is 0.500. The van der Waals surface area contributed by atoms with E-state index in [0.29, 0.717) is 22.9 Å². The summed E-state index contributed by atoms with van der Waals surface area (Å²) in [7, 11) is 1.56. The molecule has 0 aromatic heterocycles. The summed E-state index contributed by atoms with van der Waals surface area (Å²) in [6.07, 6.45) is 3.41. The molecule has 18 heavy (non-hydrogen) atoms. The minimum Gasteiger partial charge on any atom is -0.496 e. The Kier molecular flexibility index (Phi) is 3.75. The molecule has 1 fully saturated rings. The molecule has 1 amide bonds. The number of ether oxygens (including phenoxy) is 1. The van der Waals surface area contributed by atoms with Gasteiger partial charge in [0.2, 0.25) is 0 Å². The van der Waals surface area contributed by atoms with E-state index in [1.165, 1.54) is 12.8 Å². The van der Waals surface area contributed by atoms with Crippen LogP contribution >= 0.6 is 0 Å². The topological polar surface area (TPSA) is 64.3 Å². The fourth-order valence-electron chi connectivity index (χ4n) is 2.51. The third-order valence-corrected chi connectivity index (χ3v) is 3.65. The molecule has 1 saturated carbocycles. The van der Waals surface area contributed by atoms with Gasteiger partial charge in [-0.3, -0.25) is 4.79 Å². The van der Waals surface area contributed by atoms with Gasteiger partial charge >= 0.3 is 0 Å². The van der Waals surface area contributed by atoms with E-state index < -0.39 is 0 Å². The summed E-state index contributed by atoms with van der Waals surface area (Å²) in [4.78, 5) is 12.2. The van der Waals surface area contributed by atoms with Crippen molar-refractivity contribution in [3.05, 3.63) is 23.8 Å². The zero-order valence-corrected chi connectivity index (χ0v) is 10.9. The van der Waals surface area contributed by atoms with E-state index in [2.05, 4.69) is 12.2 Å². The van der Waals surface area contributed by atoms with Gasteiger partial charge < -0.3 is 15.8 Å². The van der Waals surface area contributed by atoms with Gasteiger partial charge in [-0.05, 0) is 37.0 Å². The number of amides is 1. The molecule has 0 aliphatic heterocycles. The van der Waals surface area contributed by atoms with Gasteiger partial charge in [-0.1, -0.05) is 13.3 Å². The van der Waals surface area contributed by atoms with Crippen LogP contribution in [-0.4, -0.2) is 19.1 Å². The van der Waals surface area contributed by atoms with Gasteiger partial charge in [0, 0.05) is 11.7 Å². The Balaban J connectivity index is 2.15. The second-order valence-corrected chi connectivity index (χ2v) is 4.95. The molecule has 0 spiro atoms. The summed E-state index contributed by atoms with van der Waals surface area (Å²) in [5.41, 5.74) is 6.80. The van der Waals surface area contributed by atoms with Gasteiger partial charge in [-0.15, -0.1) is 0 Å². The summed E-state index contributed by atoms with van der Waals surface area (Å²) in [6, 6.07) is 5.38. The Morgan fingerprint density at radius 1 is 1.44 bits per heavy atom. The first-order valence-electron chi connectivity index (χ1n) is 6.36. The molecule has 3 N–H and O–H groups in total. The molecular formula is C14H20N2O2. The average Bonchev–Trinajstić information content (AvgIpc) is 2.75. The lowest BCUT2D eigenvalue weighted by molar-refractivity contribution is 0.0926. The van der Waals surface area contributed by atoms with E-state index in [1.807, 2.05) is 0 Å². The number of nitrogens with two attached hydrogens (primary N) is 1. The molecule has 0 radical (unpaired) electrons. The molecule has 1 aliphatic carbocycles. The maximum atomic E-state index is 12.2. The summed E-state index contributed by atoms with van der Waals surface area (Å²) in [5.74, 6) is 1.01. The zero-order valence-electron chi connectivity index (χ0n) is 10.9. The summed E-state index contributed by atoms with van der Waals surface area (Å²) >= 11 is 0. The molecule has 2 atom stereocenters. The average molecular weight is 248 g/mol. The van der Waals surface area contributed by atoms with Crippen LogP contribution in [0.5, 0.6) is 5.75 Å². The van der Waals surface area contributed by atoms with Gasteiger partial charge in [-0.2, -0.15) is 0 Å². The first kappa shape index (κ1) is 12.7. The van der Waals surface area contributed by atoms with Gasteiger partial charge in [-0.25, -0.2) is 0 Å². The van der Waals surface area contributed by atoms with Crippen molar-refractivity contribution in [2.45, 2.75) is 32.2 Å². The Morgan fingerprint density at radius 2 is 2.22 bits per heavy atom. The lowest BCUT2D eigenvalue weighted by Crippen LogP contribution is -2.36. The highest BCUT2D eigenvalue weighted by molar-refractivity contribution is 5.98. The van der Waals surface area contributed by atoms with E-state index >= 15 is 0 Å². The molecule has 4 nitrogen and oxygen atoms in total. The number of methoxy groups -OCH3 is 1. The molecule has 98 valence electrons. The highest BCUT2D eigenvalue weighted by Crippen LogP contribution is 2.26. The zero-order chi connectivity index (χ0) is 13.1. The highest BCUT2D eigenvalue weighted by Gasteiger charge is 2.26. The number of carbonyl (C=O) groups excluding carboxylic acids is 1. The van der Waals surface area contributed by atoms with Crippen LogP contribution in [0.25, 0.3) is 0 Å². The quantitative estimate of drug-likeness (QED) is 0.806. The smallest absolute Gasteiger partial charge is 0.255 e. The number of hydrogen-bond acceptors (Lipinski definition) is 3. The SMILES string of the molecule is COc1ccc(N)cc1C(=O)NC1CCCC1C. The molecule has 1 aromatic carbocycles. The van der Waals surface area contributed by atoms with Crippen LogP contribution in [0.15, 0.2) is 18.2 Å². The molecule has 0 bridgehead atoms. The summed E-state index contributed by atoms with van der Waals surface area (Å²) < 4.78 is 5.20. The largest absolute Gasteiger partial charge is 0.496 e. The normalized spacial score (nSPS) is 22.8. The number of nitrogens with one attached hydrogen (secondary N) is 1. The second-order valence-electron chi connectivity index (χ2n) is 4.95. The van der Waals surface area contributed by atoms with Crippen LogP contribution in [0.1, 0.15) is 36.5 Å². The number of anilines is 1. The number of benzene rings is 1. The van der Waals surface area contributed by atoms with E-state index in [4.69, 9.17) is 10.5 Å². The minimum absolute atomic E-state index is 0.0992. The van der Waals surface area contributed by atoms with Crippen LogP contribution in [0.3, 0.4) is 0 Å². The van der Waals surface area contributed by atoms with Crippen molar-refractivity contribution in [2.24, 2.45) is 5.92 Å². The van der Waals surface area contributed by atoms with Gasteiger partial charge in [0.05, 0.1) is 12.7 Å². The van der Waals surface area contributed by atoms with E-state index in [9.17, 15) is 4.79 Å². The Bertz CT molecular complexity index is 445.